The van der Waals surface area contributed by atoms with Gasteiger partial charge in [0, 0.05) is 6.07 Å². The van der Waals surface area contributed by atoms with Gasteiger partial charge in [0.05, 0.1) is 5.56 Å². The minimum atomic E-state index is -0.715. The fourth-order valence-electron chi connectivity index (χ4n) is 6.08. The molecule has 2 aromatic rings. The van der Waals surface area contributed by atoms with Crippen LogP contribution in [-0.2, 0) is 0 Å². The van der Waals surface area contributed by atoms with Crippen LogP contribution in [0.4, 0.5) is 8.78 Å². The lowest BCUT2D eigenvalue weighted by molar-refractivity contribution is 0.0733. The number of rotatable bonds is 9. The van der Waals surface area contributed by atoms with Crippen LogP contribution in [0.2, 0.25) is 0 Å². The Bertz CT molecular complexity index is 1120. The van der Waals surface area contributed by atoms with Gasteiger partial charge >= 0.3 is 5.97 Å². The Morgan fingerprint density at radius 1 is 0.919 bits per heavy atom. The largest absolute Gasteiger partial charge is 0.486 e. The first-order chi connectivity index (χ1) is 18.0. The van der Waals surface area contributed by atoms with Crippen LogP contribution in [0.1, 0.15) is 87.1 Å². The van der Waals surface area contributed by atoms with Gasteiger partial charge in [-0.15, -0.1) is 0 Å². The molecular formula is C32H38F2O3. The lowest BCUT2D eigenvalue weighted by atomic mass is 9.63. The van der Waals surface area contributed by atoms with E-state index in [0.717, 1.165) is 37.2 Å². The van der Waals surface area contributed by atoms with Crippen molar-refractivity contribution in [2.24, 2.45) is 17.8 Å². The standard InChI is InChI=1S/C32H38F2O3/c1-3-5-7-8-22-9-10-24-19-25(12-11-23(24)18-22)28-15-13-26(20-29(28)33)32(35)37-27-14-16-31(30(34)21-27)36-17-6-4-2/h3-6,13-16,20-25H,7-12,17-19H2,1-2H3/b5-3+,6-4+. The molecule has 0 saturated heterocycles. The molecule has 0 aliphatic heterocycles. The van der Waals surface area contributed by atoms with E-state index in [1.165, 1.54) is 50.3 Å². The predicted octanol–water partition coefficient (Wildman–Crippen LogP) is 8.80. The van der Waals surface area contributed by atoms with Gasteiger partial charge in [-0.1, -0.05) is 36.8 Å². The third-order valence-corrected chi connectivity index (χ3v) is 8.06. The van der Waals surface area contributed by atoms with Crippen LogP contribution < -0.4 is 9.47 Å². The highest BCUT2D eigenvalue weighted by atomic mass is 19.1. The molecule has 2 aliphatic rings. The number of hydrogen-bond donors (Lipinski definition) is 0. The Kier molecular flexibility index (Phi) is 9.54. The second-order valence-corrected chi connectivity index (χ2v) is 10.5. The Hall–Kier alpha value is -2.95. The molecule has 0 aromatic heterocycles. The van der Waals surface area contributed by atoms with Crippen molar-refractivity contribution >= 4 is 5.97 Å². The van der Waals surface area contributed by atoms with E-state index in [9.17, 15) is 9.18 Å². The van der Waals surface area contributed by atoms with Gasteiger partial charge in [0.25, 0.3) is 0 Å². The van der Waals surface area contributed by atoms with E-state index in [1.807, 2.05) is 13.0 Å². The molecule has 3 nitrogen and oxygen atoms in total. The maximum absolute atomic E-state index is 15.2. The minimum Gasteiger partial charge on any atom is -0.486 e. The van der Waals surface area contributed by atoms with E-state index in [1.54, 1.807) is 18.2 Å². The Morgan fingerprint density at radius 2 is 1.70 bits per heavy atom. The highest BCUT2D eigenvalue weighted by molar-refractivity contribution is 5.91. The van der Waals surface area contributed by atoms with Crippen molar-refractivity contribution in [1.82, 2.24) is 0 Å². The first-order valence-electron chi connectivity index (χ1n) is 13.6. The average Bonchev–Trinajstić information content (AvgIpc) is 2.90. The van der Waals surface area contributed by atoms with Gasteiger partial charge in [-0.25, -0.2) is 13.6 Å². The van der Waals surface area contributed by atoms with E-state index >= 15 is 4.39 Å². The quantitative estimate of drug-likeness (QED) is 0.193. The van der Waals surface area contributed by atoms with Crippen LogP contribution in [0.15, 0.2) is 60.7 Å². The Morgan fingerprint density at radius 3 is 2.46 bits per heavy atom. The summed E-state index contributed by atoms with van der Waals surface area (Å²) in [6.45, 7) is 4.18. The van der Waals surface area contributed by atoms with Crippen molar-refractivity contribution in [3.8, 4) is 11.5 Å². The zero-order valence-electron chi connectivity index (χ0n) is 21.9. The summed E-state index contributed by atoms with van der Waals surface area (Å²) >= 11 is 0. The molecule has 2 aliphatic carbocycles. The van der Waals surface area contributed by atoms with E-state index in [0.29, 0.717) is 11.5 Å². The number of halogens is 2. The summed E-state index contributed by atoms with van der Waals surface area (Å²) in [5.74, 6) is 0.860. The van der Waals surface area contributed by atoms with Gasteiger partial charge in [-0.3, -0.25) is 0 Å². The first kappa shape index (κ1) is 27.1. The summed E-state index contributed by atoms with van der Waals surface area (Å²) in [6, 6.07) is 8.59. The average molecular weight is 509 g/mol. The highest BCUT2D eigenvalue weighted by Crippen LogP contribution is 2.48. The molecule has 198 valence electrons. The van der Waals surface area contributed by atoms with Gasteiger partial charge in [0.2, 0.25) is 0 Å². The molecule has 0 spiro atoms. The molecule has 0 bridgehead atoms. The van der Waals surface area contributed by atoms with Gasteiger partial charge in [0.15, 0.2) is 11.6 Å². The molecule has 2 fully saturated rings. The van der Waals surface area contributed by atoms with Crippen molar-refractivity contribution in [2.45, 2.75) is 71.1 Å². The number of carbonyl (C=O) groups is 1. The summed E-state index contributed by atoms with van der Waals surface area (Å²) < 4.78 is 40.0. The maximum Gasteiger partial charge on any atom is 0.343 e. The lowest BCUT2D eigenvalue weighted by Crippen LogP contribution is -2.30. The normalized spacial score (nSPS) is 23.8. The second kappa shape index (κ2) is 13.0. The number of esters is 1. The second-order valence-electron chi connectivity index (χ2n) is 10.5. The summed E-state index contributed by atoms with van der Waals surface area (Å²) in [6.07, 6.45) is 17.4. The molecule has 37 heavy (non-hydrogen) atoms. The van der Waals surface area contributed by atoms with Gasteiger partial charge < -0.3 is 9.47 Å². The summed E-state index contributed by atoms with van der Waals surface area (Å²) in [4.78, 5) is 12.6. The summed E-state index contributed by atoms with van der Waals surface area (Å²) in [5, 5.41) is 0. The molecule has 0 amide bonds. The van der Waals surface area contributed by atoms with Crippen LogP contribution in [0.25, 0.3) is 0 Å². The molecule has 4 unspecified atom stereocenters. The monoisotopic (exact) mass is 508 g/mol. The molecule has 5 heteroatoms. The fraction of sp³-hybridized carbons (Fsp3) is 0.469. The van der Waals surface area contributed by atoms with Crippen molar-refractivity contribution in [3.05, 3.63) is 83.5 Å². The van der Waals surface area contributed by atoms with Crippen LogP contribution in [0, 0.1) is 29.4 Å². The SMILES string of the molecule is C/C=C/CCC1CCC2CC(c3ccc(C(=O)Oc4ccc(OC/C=C/C)c(F)c4)cc3F)CCC2C1. The molecule has 0 heterocycles. The first-order valence-corrected chi connectivity index (χ1v) is 13.6. The smallest absolute Gasteiger partial charge is 0.343 e. The van der Waals surface area contributed by atoms with E-state index in [-0.39, 0.29) is 35.4 Å². The Balaban J connectivity index is 1.34. The number of allylic oxidation sites excluding steroid dienone is 3. The summed E-state index contributed by atoms with van der Waals surface area (Å²) in [5.41, 5.74) is 0.810. The number of hydrogen-bond acceptors (Lipinski definition) is 3. The van der Waals surface area contributed by atoms with Crippen LogP contribution in [0.3, 0.4) is 0 Å². The summed E-state index contributed by atoms with van der Waals surface area (Å²) in [7, 11) is 0. The van der Waals surface area contributed by atoms with Crippen molar-refractivity contribution in [2.75, 3.05) is 6.61 Å². The third-order valence-electron chi connectivity index (χ3n) is 8.06. The molecule has 4 rings (SSSR count). The fourth-order valence-corrected chi connectivity index (χ4v) is 6.08. The van der Waals surface area contributed by atoms with Gasteiger partial charge in [-0.05, 0) is 112 Å². The molecule has 2 saturated carbocycles. The third kappa shape index (κ3) is 7.09. The number of benzene rings is 2. The van der Waals surface area contributed by atoms with Crippen molar-refractivity contribution < 1.29 is 23.0 Å². The van der Waals surface area contributed by atoms with Crippen molar-refractivity contribution in [3.63, 3.8) is 0 Å². The zero-order valence-corrected chi connectivity index (χ0v) is 21.9. The minimum absolute atomic E-state index is 0.0463. The van der Waals surface area contributed by atoms with E-state index in [4.69, 9.17) is 9.47 Å². The maximum atomic E-state index is 15.2. The Labute approximate surface area is 219 Å². The number of carbonyl (C=O) groups excluding carboxylic acids is 1. The van der Waals surface area contributed by atoms with E-state index in [2.05, 4.69) is 19.1 Å². The molecule has 4 atom stereocenters. The molecule has 0 radical (unpaired) electrons. The van der Waals surface area contributed by atoms with Crippen LogP contribution in [-0.4, -0.2) is 12.6 Å². The number of ether oxygens (including phenoxy) is 2. The lowest BCUT2D eigenvalue weighted by Gasteiger charge is -2.42. The highest BCUT2D eigenvalue weighted by Gasteiger charge is 2.36. The van der Waals surface area contributed by atoms with Crippen molar-refractivity contribution in [1.29, 1.82) is 0 Å². The van der Waals surface area contributed by atoms with E-state index < -0.39 is 11.8 Å². The van der Waals surface area contributed by atoms with Crippen LogP contribution in [0.5, 0.6) is 11.5 Å². The van der Waals surface area contributed by atoms with Crippen LogP contribution >= 0.6 is 0 Å². The number of fused-ring (bicyclic) bond motifs is 1. The van der Waals surface area contributed by atoms with Gasteiger partial charge in [-0.2, -0.15) is 0 Å². The zero-order chi connectivity index (χ0) is 26.2. The topological polar surface area (TPSA) is 35.5 Å². The molecular weight excluding hydrogens is 470 g/mol. The molecule has 0 N–H and O–H groups in total. The van der Waals surface area contributed by atoms with Gasteiger partial charge in [0.1, 0.15) is 18.2 Å². The predicted molar refractivity (Wildman–Crippen MR) is 143 cm³/mol. The molecule has 2 aromatic carbocycles.